The number of thiophene rings is 1. The summed E-state index contributed by atoms with van der Waals surface area (Å²) in [6.07, 6.45) is 0.448. The van der Waals surface area contributed by atoms with E-state index in [0.29, 0.717) is 38.2 Å². The Morgan fingerprint density at radius 2 is 1.84 bits per heavy atom. The van der Waals surface area contributed by atoms with Gasteiger partial charge in [-0.05, 0) is 42.1 Å². The predicted molar refractivity (Wildman–Crippen MR) is 98.2 cm³/mol. The van der Waals surface area contributed by atoms with E-state index in [9.17, 15) is 9.59 Å². The highest BCUT2D eigenvalue weighted by Gasteiger charge is 2.25. The number of rotatable bonds is 4. The summed E-state index contributed by atoms with van der Waals surface area (Å²) in [6.45, 7) is 4.24. The number of aryl methyl sites for hydroxylation is 1. The van der Waals surface area contributed by atoms with Gasteiger partial charge in [0, 0.05) is 36.6 Å². The lowest BCUT2D eigenvalue weighted by Crippen LogP contribution is -2.51. The van der Waals surface area contributed by atoms with Gasteiger partial charge in [0.2, 0.25) is 5.91 Å². The summed E-state index contributed by atoms with van der Waals surface area (Å²) in [7, 11) is 1.62. The van der Waals surface area contributed by atoms with Crippen LogP contribution < -0.4 is 4.74 Å². The Morgan fingerprint density at radius 1 is 1.12 bits per heavy atom. The lowest BCUT2D eigenvalue weighted by atomic mass is 10.1. The monoisotopic (exact) mass is 358 g/mol. The number of carbonyl (C=O) groups excluding carboxylic acids is 2. The molecule has 0 spiro atoms. The molecule has 5 nitrogen and oxygen atoms in total. The van der Waals surface area contributed by atoms with Crippen LogP contribution in [0.2, 0.25) is 0 Å². The molecule has 6 heteroatoms. The maximum Gasteiger partial charge on any atom is 0.253 e. The Morgan fingerprint density at radius 3 is 2.44 bits per heavy atom. The average molecular weight is 358 g/mol. The summed E-state index contributed by atoms with van der Waals surface area (Å²) in [5.74, 6) is 0.923. The minimum atomic E-state index is 0.0103. The van der Waals surface area contributed by atoms with Crippen molar-refractivity contribution in [3.8, 4) is 5.75 Å². The minimum absolute atomic E-state index is 0.0103. The van der Waals surface area contributed by atoms with Gasteiger partial charge in [-0.1, -0.05) is 6.07 Å². The molecule has 2 amide bonds. The molecule has 1 aromatic heterocycles. The number of benzene rings is 1. The molecule has 1 aromatic carbocycles. The standard InChI is InChI=1S/C19H22N2O3S/c1-14-12-15(5-6-17(14)24-2)19(23)21-9-7-20(8-10-21)18(22)13-16-4-3-11-25-16/h3-6,11-12H,7-10,13H2,1-2H3. The van der Waals surface area contributed by atoms with Gasteiger partial charge in [-0.25, -0.2) is 0 Å². The molecule has 132 valence electrons. The second-order valence-electron chi connectivity index (χ2n) is 6.11. The maximum atomic E-state index is 12.7. The third kappa shape index (κ3) is 4.02. The van der Waals surface area contributed by atoms with Crippen molar-refractivity contribution in [2.45, 2.75) is 13.3 Å². The number of methoxy groups -OCH3 is 1. The fourth-order valence-electron chi connectivity index (χ4n) is 3.03. The van der Waals surface area contributed by atoms with Crippen molar-refractivity contribution in [3.05, 3.63) is 51.7 Å². The third-order valence-corrected chi connectivity index (χ3v) is 5.34. The van der Waals surface area contributed by atoms with E-state index in [1.165, 1.54) is 0 Å². The van der Waals surface area contributed by atoms with Crippen molar-refractivity contribution < 1.29 is 14.3 Å². The zero-order chi connectivity index (χ0) is 17.8. The lowest BCUT2D eigenvalue weighted by Gasteiger charge is -2.35. The van der Waals surface area contributed by atoms with E-state index in [-0.39, 0.29) is 11.8 Å². The molecule has 1 fully saturated rings. The van der Waals surface area contributed by atoms with E-state index >= 15 is 0 Å². The van der Waals surface area contributed by atoms with Crippen LogP contribution in [0.25, 0.3) is 0 Å². The van der Waals surface area contributed by atoms with Crippen molar-refractivity contribution in [1.29, 1.82) is 0 Å². The molecular weight excluding hydrogens is 336 g/mol. The average Bonchev–Trinajstić information content (AvgIpc) is 3.14. The first-order chi connectivity index (χ1) is 12.1. The second kappa shape index (κ2) is 7.70. The van der Waals surface area contributed by atoms with Crippen LogP contribution in [0.4, 0.5) is 0 Å². The summed E-state index contributed by atoms with van der Waals surface area (Å²) in [4.78, 5) is 29.8. The van der Waals surface area contributed by atoms with E-state index < -0.39 is 0 Å². The summed E-state index contributed by atoms with van der Waals surface area (Å²) in [6, 6.07) is 9.41. The molecule has 0 N–H and O–H groups in total. The van der Waals surface area contributed by atoms with Crippen LogP contribution in [-0.4, -0.2) is 54.9 Å². The Balaban J connectivity index is 1.57. The number of piperazine rings is 1. The number of carbonyl (C=O) groups is 2. The van der Waals surface area contributed by atoms with Crippen molar-refractivity contribution in [1.82, 2.24) is 9.80 Å². The fraction of sp³-hybridized carbons (Fsp3) is 0.368. The molecule has 2 heterocycles. The van der Waals surface area contributed by atoms with Gasteiger partial charge in [0.25, 0.3) is 5.91 Å². The molecule has 1 aliphatic rings. The zero-order valence-electron chi connectivity index (χ0n) is 14.5. The van der Waals surface area contributed by atoms with E-state index in [1.807, 2.05) is 46.4 Å². The van der Waals surface area contributed by atoms with E-state index in [0.717, 1.165) is 16.2 Å². The molecule has 3 rings (SSSR count). The predicted octanol–water partition coefficient (Wildman–Crippen LogP) is 2.59. The number of ether oxygens (including phenoxy) is 1. The molecule has 0 saturated carbocycles. The van der Waals surface area contributed by atoms with Crippen LogP contribution in [0.3, 0.4) is 0 Å². The molecular formula is C19H22N2O3S. The fourth-order valence-corrected chi connectivity index (χ4v) is 3.72. The molecule has 25 heavy (non-hydrogen) atoms. The molecule has 0 radical (unpaired) electrons. The van der Waals surface area contributed by atoms with Gasteiger partial charge in [-0.3, -0.25) is 9.59 Å². The Bertz CT molecular complexity index is 750. The first-order valence-corrected chi connectivity index (χ1v) is 9.20. The van der Waals surface area contributed by atoms with Crippen LogP contribution in [0.5, 0.6) is 5.75 Å². The summed E-state index contributed by atoms with van der Waals surface area (Å²) in [5.41, 5.74) is 1.61. The normalized spacial score (nSPS) is 14.5. The molecule has 0 aliphatic carbocycles. The third-order valence-electron chi connectivity index (χ3n) is 4.47. The van der Waals surface area contributed by atoms with Gasteiger partial charge < -0.3 is 14.5 Å². The maximum absolute atomic E-state index is 12.7. The lowest BCUT2D eigenvalue weighted by molar-refractivity contribution is -0.131. The number of amides is 2. The Labute approximate surface area is 151 Å². The summed E-state index contributed by atoms with van der Waals surface area (Å²) >= 11 is 1.60. The van der Waals surface area contributed by atoms with Crippen LogP contribution >= 0.6 is 11.3 Å². The zero-order valence-corrected chi connectivity index (χ0v) is 15.3. The highest BCUT2D eigenvalue weighted by Crippen LogP contribution is 2.20. The van der Waals surface area contributed by atoms with Gasteiger partial charge in [-0.2, -0.15) is 0 Å². The van der Waals surface area contributed by atoms with Gasteiger partial charge in [0.1, 0.15) is 5.75 Å². The Kier molecular flexibility index (Phi) is 5.38. The van der Waals surface area contributed by atoms with Crippen molar-refractivity contribution in [2.24, 2.45) is 0 Å². The van der Waals surface area contributed by atoms with Gasteiger partial charge in [0.15, 0.2) is 0 Å². The highest BCUT2D eigenvalue weighted by molar-refractivity contribution is 7.10. The number of hydrogen-bond donors (Lipinski definition) is 0. The molecule has 0 unspecified atom stereocenters. The Hall–Kier alpha value is -2.34. The molecule has 1 saturated heterocycles. The van der Waals surface area contributed by atoms with E-state index in [2.05, 4.69) is 0 Å². The summed E-state index contributed by atoms with van der Waals surface area (Å²) < 4.78 is 5.24. The second-order valence-corrected chi connectivity index (χ2v) is 7.15. The minimum Gasteiger partial charge on any atom is -0.496 e. The molecule has 2 aromatic rings. The first kappa shape index (κ1) is 17.5. The quantitative estimate of drug-likeness (QED) is 0.844. The SMILES string of the molecule is COc1ccc(C(=O)N2CCN(C(=O)Cc3cccs3)CC2)cc1C. The molecule has 1 aliphatic heterocycles. The van der Waals surface area contributed by atoms with E-state index in [4.69, 9.17) is 4.74 Å². The van der Waals surface area contributed by atoms with Crippen molar-refractivity contribution in [3.63, 3.8) is 0 Å². The van der Waals surface area contributed by atoms with Crippen LogP contribution in [0.15, 0.2) is 35.7 Å². The van der Waals surface area contributed by atoms with E-state index in [1.54, 1.807) is 24.5 Å². The summed E-state index contributed by atoms with van der Waals surface area (Å²) in [5, 5.41) is 1.98. The van der Waals surface area contributed by atoms with Gasteiger partial charge >= 0.3 is 0 Å². The largest absolute Gasteiger partial charge is 0.496 e. The number of nitrogens with zero attached hydrogens (tertiary/aromatic N) is 2. The topological polar surface area (TPSA) is 49.9 Å². The molecule has 0 bridgehead atoms. The van der Waals surface area contributed by atoms with Crippen LogP contribution in [0, 0.1) is 6.92 Å². The van der Waals surface area contributed by atoms with Crippen LogP contribution in [-0.2, 0) is 11.2 Å². The van der Waals surface area contributed by atoms with Crippen molar-refractivity contribution >= 4 is 23.2 Å². The van der Waals surface area contributed by atoms with Gasteiger partial charge in [0.05, 0.1) is 13.5 Å². The highest BCUT2D eigenvalue weighted by atomic mass is 32.1. The van der Waals surface area contributed by atoms with Crippen LogP contribution in [0.1, 0.15) is 20.8 Å². The van der Waals surface area contributed by atoms with Crippen molar-refractivity contribution in [2.75, 3.05) is 33.3 Å². The number of hydrogen-bond acceptors (Lipinski definition) is 4. The molecule has 0 atom stereocenters. The smallest absolute Gasteiger partial charge is 0.253 e. The first-order valence-electron chi connectivity index (χ1n) is 8.32. The van der Waals surface area contributed by atoms with Gasteiger partial charge in [-0.15, -0.1) is 11.3 Å².